The van der Waals surface area contributed by atoms with Crippen LogP contribution < -0.4 is 4.74 Å². The molecule has 1 heterocycles. The molecule has 0 aliphatic carbocycles. The average molecular weight is 315 g/mol. The molecule has 0 spiro atoms. The van der Waals surface area contributed by atoms with Crippen molar-refractivity contribution in [3.05, 3.63) is 24.3 Å². The maximum atomic E-state index is 12.4. The number of hydrogen-bond donors (Lipinski definition) is 1. The van der Waals surface area contributed by atoms with Crippen molar-refractivity contribution >= 4 is 17.7 Å². The van der Waals surface area contributed by atoms with E-state index in [1.54, 1.807) is 25.2 Å². The highest BCUT2D eigenvalue weighted by atomic mass is 32.2. The Bertz CT molecular complexity index is 648. The number of halogens is 2. The third-order valence-electron chi connectivity index (χ3n) is 2.39. The van der Waals surface area contributed by atoms with Crippen LogP contribution in [-0.2, 0) is 11.8 Å². The molecule has 0 bridgehead atoms. The Labute approximate surface area is 122 Å². The number of aromatic nitrogens is 3. The molecule has 0 aliphatic rings. The summed E-state index contributed by atoms with van der Waals surface area (Å²) in [6, 6.07) is 6.15. The van der Waals surface area contributed by atoms with Crippen molar-refractivity contribution in [1.82, 2.24) is 14.8 Å². The number of nitrogens with zero attached hydrogens (tertiary/aromatic N) is 3. The van der Waals surface area contributed by atoms with Gasteiger partial charge in [-0.05, 0) is 12.1 Å². The number of carbonyl (C=O) groups is 1. The van der Waals surface area contributed by atoms with E-state index in [4.69, 9.17) is 5.11 Å². The SMILES string of the molecule is Cn1nc(-c2ccccc2OC(F)F)nc1SCC(=O)O. The molecule has 21 heavy (non-hydrogen) atoms. The van der Waals surface area contributed by atoms with Gasteiger partial charge in [-0.3, -0.25) is 4.79 Å². The third-order valence-corrected chi connectivity index (χ3v) is 3.40. The molecular formula is C12H11F2N3O3S. The molecule has 0 aliphatic heterocycles. The maximum Gasteiger partial charge on any atom is 0.387 e. The molecule has 1 aromatic heterocycles. The van der Waals surface area contributed by atoms with Gasteiger partial charge in [-0.1, -0.05) is 23.9 Å². The number of alkyl halides is 2. The average Bonchev–Trinajstić information content (AvgIpc) is 2.77. The van der Waals surface area contributed by atoms with Gasteiger partial charge in [0.1, 0.15) is 5.75 Å². The molecule has 0 fully saturated rings. The first-order valence-electron chi connectivity index (χ1n) is 5.77. The van der Waals surface area contributed by atoms with Crippen molar-refractivity contribution in [2.24, 2.45) is 7.05 Å². The molecule has 0 saturated carbocycles. The molecule has 1 N–H and O–H groups in total. The molecule has 2 rings (SSSR count). The van der Waals surface area contributed by atoms with Crippen LogP contribution in [0.1, 0.15) is 0 Å². The Balaban J connectivity index is 2.30. The van der Waals surface area contributed by atoms with Crippen LogP contribution in [0.5, 0.6) is 5.75 Å². The Morgan fingerprint density at radius 2 is 2.19 bits per heavy atom. The van der Waals surface area contributed by atoms with E-state index >= 15 is 0 Å². The van der Waals surface area contributed by atoms with Gasteiger partial charge in [0, 0.05) is 7.05 Å². The van der Waals surface area contributed by atoms with Crippen LogP contribution in [-0.4, -0.2) is 38.2 Å². The standard InChI is InChI=1S/C12H11F2N3O3S/c1-17-12(21-6-9(18)19)15-10(16-17)7-4-2-3-5-8(7)20-11(13)14/h2-5,11H,6H2,1H3,(H,18,19). The van der Waals surface area contributed by atoms with Gasteiger partial charge < -0.3 is 9.84 Å². The number of thioether (sulfide) groups is 1. The van der Waals surface area contributed by atoms with Gasteiger partial charge in [0.25, 0.3) is 0 Å². The van der Waals surface area contributed by atoms with Gasteiger partial charge in [0.05, 0.1) is 11.3 Å². The number of aliphatic carboxylic acids is 1. The zero-order valence-corrected chi connectivity index (χ0v) is 11.7. The number of rotatable bonds is 6. The van der Waals surface area contributed by atoms with Crippen molar-refractivity contribution in [2.75, 3.05) is 5.75 Å². The molecule has 0 atom stereocenters. The quantitative estimate of drug-likeness (QED) is 0.824. The summed E-state index contributed by atoms with van der Waals surface area (Å²) in [5.74, 6) is -0.984. The van der Waals surface area contributed by atoms with Crippen LogP contribution in [0.2, 0.25) is 0 Å². The van der Waals surface area contributed by atoms with Crippen molar-refractivity contribution in [2.45, 2.75) is 11.8 Å². The minimum absolute atomic E-state index is 0.0344. The lowest BCUT2D eigenvalue weighted by Crippen LogP contribution is -2.03. The van der Waals surface area contributed by atoms with Gasteiger partial charge in [0.2, 0.25) is 0 Å². The molecule has 2 aromatic rings. The summed E-state index contributed by atoms with van der Waals surface area (Å²) >= 11 is 0.991. The third kappa shape index (κ3) is 3.91. The molecule has 0 amide bonds. The van der Waals surface area contributed by atoms with Crippen molar-refractivity contribution in [3.8, 4) is 17.1 Å². The van der Waals surface area contributed by atoms with E-state index in [2.05, 4.69) is 14.8 Å². The number of benzene rings is 1. The minimum atomic E-state index is -2.95. The second-order valence-electron chi connectivity index (χ2n) is 3.90. The van der Waals surface area contributed by atoms with E-state index < -0.39 is 12.6 Å². The van der Waals surface area contributed by atoms with E-state index in [-0.39, 0.29) is 17.3 Å². The highest BCUT2D eigenvalue weighted by Crippen LogP contribution is 2.30. The number of carboxylic acids is 1. The van der Waals surface area contributed by atoms with Gasteiger partial charge in [-0.15, -0.1) is 0 Å². The largest absolute Gasteiger partial charge is 0.481 e. The predicted octanol–water partition coefficient (Wildman–Crippen LogP) is 2.26. The van der Waals surface area contributed by atoms with Gasteiger partial charge in [0.15, 0.2) is 11.0 Å². The smallest absolute Gasteiger partial charge is 0.387 e. The fourth-order valence-corrected chi connectivity index (χ4v) is 2.22. The summed E-state index contributed by atoms with van der Waals surface area (Å²) in [4.78, 5) is 14.7. The molecule has 112 valence electrons. The zero-order chi connectivity index (χ0) is 15.4. The number of aryl methyl sites for hydroxylation is 1. The Morgan fingerprint density at radius 3 is 2.86 bits per heavy atom. The van der Waals surface area contributed by atoms with E-state index in [0.717, 1.165) is 11.8 Å². The highest BCUT2D eigenvalue weighted by molar-refractivity contribution is 7.99. The van der Waals surface area contributed by atoms with E-state index in [1.807, 2.05) is 0 Å². The van der Waals surface area contributed by atoms with E-state index in [9.17, 15) is 13.6 Å². The van der Waals surface area contributed by atoms with Crippen LogP contribution in [0.15, 0.2) is 29.4 Å². The van der Waals surface area contributed by atoms with Gasteiger partial charge in [-0.25, -0.2) is 9.67 Å². The first-order valence-corrected chi connectivity index (χ1v) is 6.75. The fraction of sp³-hybridized carbons (Fsp3) is 0.250. The summed E-state index contributed by atoms with van der Waals surface area (Å²) in [6.07, 6.45) is 0. The summed E-state index contributed by atoms with van der Waals surface area (Å²) in [7, 11) is 1.59. The van der Waals surface area contributed by atoms with E-state index in [1.165, 1.54) is 10.7 Å². The molecule has 9 heteroatoms. The van der Waals surface area contributed by atoms with Crippen LogP contribution in [0, 0.1) is 0 Å². The Kier molecular flexibility index (Phi) is 4.73. The highest BCUT2D eigenvalue weighted by Gasteiger charge is 2.16. The molecular weight excluding hydrogens is 304 g/mol. The molecule has 6 nitrogen and oxygen atoms in total. The van der Waals surface area contributed by atoms with E-state index in [0.29, 0.717) is 10.7 Å². The summed E-state index contributed by atoms with van der Waals surface area (Å²) in [5, 5.41) is 13.1. The Hall–Kier alpha value is -2.16. The predicted molar refractivity (Wildman–Crippen MR) is 71.4 cm³/mol. The number of hydrogen-bond acceptors (Lipinski definition) is 5. The Morgan fingerprint density at radius 1 is 1.48 bits per heavy atom. The van der Waals surface area contributed by atoms with Crippen LogP contribution in [0.3, 0.4) is 0 Å². The van der Waals surface area contributed by atoms with Gasteiger partial charge in [-0.2, -0.15) is 13.9 Å². The summed E-state index contributed by atoms with van der Waals surface area (Å²) < 4.78 is 30.6. The second kappa shape index (κ2) is 6.53. The molecule has 0 saturated heterocycles. The molecule has 1 aromatic carbocycles. The van der Waals surface area contributed by atoms with Crippen molar-refractivity contribution < 1.29 is 23.4 Å². The van der Waals surface area contributed by atoms with Gasteiger partial charge >= 0.3 is 12.6 Å². The van der Waals surface area contributed by atoms with Crippen molar-refractivity contribution in [1.29, 1.82) is 0 Å². The molecule has 0 radical (unpaired) electrons. The zero-order valence-electron chi connectivity index (χ0n) is 10.9. The minimum Gasteiger partial charge on any atom is -0.481 e. The lowest BCUT2D eigenvalue weighted by Gasteiger charge is -2.07. The topological polar surface area (TPSA) is 77.2 Å². The number of carboxylic acid groups (broad SMARTS) is 1. The number of para-hydroxylation sites is 1. The lowest BCUT2D eigenvalue weighted by molar-refractivity contribution is -0.133. The van der Waals surface area contributed by atoms with Crippen LogP contribution >= 0.6 is 11.8 Å². The second-order valence-corrected chi connectivity index (χ2v) is 4.84. The number of ether oxygens (including phenoxy) is 1. The summed E-state index contributed by atoms with van der Waals surface area (Å²) in [5.41, 5.74) is 0.315. The normalized spacial score (nSPS) is 10.9. The lowest BCUT2D eigenvalue weighted by atomic mass is 10.2. The van der Waals surface area contributed by atoms with Crippen molar-refractivity contribution in [3.63, 3.8) is 0 Å². The van der Waals surface area contributed by atoms with Crippen LogP contribution in [0.25, 0.3) is 11.4 Å². The molecule has 0 unspecified atom stereocenters. The fourth-order valence-electron chi connectivity index (χ4n) is 1.59. The summed E-state index contributed by atoms with van der Waals surface area (Å²) in [6.45, 7) is -2.95. The van der Waals surface area contributed by atoms with Crippen LogP contribution in [0.4, 0.5) is 8.78 Å². The first-order chi connectivity index (χ1) is 9.97. The first kappa shape index (κ1) is 15.2. The monoisotopic (exact) mass is 315 g/mol. The maximum absolute atomic E-state index is 12.4.